The largest absolute Gasteiger partial charge is 0.492 e. The first-order chi connectivity index (χ1) is 30.5. The molecule has 14 heteroatoms. The van der Waals surface area contributed by atoms with Crippen molar-refractivity contribution in [3.8, 4) is 33.8 Å². The van der Waals surface area contributed by atoms with E-state index < -0.39 is 0 Å². The zero-order valence-electron chi connectivity index (χ0n) is 39.2. The third-order valence-corrected chi connectivity index (χ3v) is 11.8. The van der Waals surface area contributed by atoms with E-state index in [1.807, 2.05) is 120 Å². The Morgan fingerprint density at radius 3 is 1.53 bits per heavy atom. The maximum absolute atomic E-state index is 14.8. The monoisotopic (exact) mass is 870 g/mol. The molecule has 0 atom stereocenters. The van der Waals surface area contributed by atoms with E-state index >= 15 is 0 Å². The second-order valence-electron chi connectivity index (χ2n) is 17.1. The maximum atomic E-state index is 14.8. The van der Waals surface area contributed by atoms with E-state index in [1.165, 1.54) is 23.8 Å². The lowest BCUT2D eigenvalue weighted by Crippen LogP contribution is -2.11. The summed E-state index contributed by atoms with van der Waals surface area (Å²) in [5, 5.41) is 20.4. The predicted molar refractivity (Wildman–Crippen MR) is 251 cm³/mol. The summed E-state index contributed by atoms with van der Waals surface area (Å²) in [6.45, 7) is 10.4. The van der Waals surface area contributed by atoms with Gasteiger partial charge in [-0.05, 0) is 121 Å². The summed E-state index contributed by atoms with van der Waals surface area (Å²) < 4.78 is 48.6. The summed E-state index contributed by atoms with van der Waals surface area (Å²) in [7, 11) is 15.9. The third-order valence-electron chi connectivity index (χ3n) is 11.8. The smallest absolute Gasteiger partial charge is 0.165 e. The van der Waals surface area contributed by atoms with Crippen LogP contribution in [0.5, 0.6) is 11.5 Å². The molecule has 8 rings (SSSR count). The Bertz CT molecular complexity index is 2940. The van der Waals surface area contributed by atoms with Crippen LogP contribution in [-0.4, -0.2) is 90.3 Å². The summed E-state index contributed by atoms with van der Waals surface area (Å²) in [4.78, 5) is 4.19. The first kappa shape index (κ1) is 45.6. The minimum atomic E-state index is -0.359. The highest BCUT2D eigenvalue weighted by Crippen LogP contribution is 2.36. The van der Waals surface area contributed by atoms with E-state index in [9.17, 15) is 8.78 Å². The molecule has 0 unspecified atom stereocenters. The second kappa shape index (κ2) is 19.2. The molecule has 12 nitrogen and oxygen atoms in total. The predicted octanol–water partition coefficient (Wildman–Crippen LogP) is 8.83. The van der Waals surface area contributed by atoms with Gasteiger partial charge in [0.25, 0.3) is 0 Å². The summed E-state index contributed by atoms with van der Waals surface area (Å²) in [5.41, 5.74) is 14.2. The number of ether oxygens (including phenoxy) is 2. The molecule has 64 heavy (non-hydrogen) atoms. The van der Waals surface area contributed by atoms with E-state index in [1.54, 1.807) is 12.1 Å². The van der Waals surface area contributed by atoms with Gasteiger partial charge in [0, 0.05) is 93.5 Å². The number of aryl methyl sites for hydroxylation is 6. The van der Waals surface area contributed by atoms with Crippen LogP contribution in [0.15, 0.2) is 72.8 Å². The van der Waals surface area contributed by atoms with Gasteiger partial charge in [-0.15, -0.1) is 0 Å². The van der Waals surface area contributed by atoms with Gasteiger partial charge >= 0.3 is 0 Å². The average Bonchev–Trinajstić information content (AvgIpc) is 3.89. The number of aromatic nitrogens is 8. The molecule has 0 fully saturated rings. The molecule has 0 radical (unpaired) electrons. The van der Waals surface area contributed by atoms with Crippen molar-refractivity contribution in [2.45, 2.75) is 53.6 Å². The highest BCUT2D eigenvalue weighted by atomic mass is 19.1. The summed E-state index contributed by atoms with van der Waals surface area (Å²) in [5.74, 6) is 0.154. The maximum Gasteiger partial charge on any atom is 0.165 e. The lowest BCUT2D eigenvalue weighted by atomic mass is 10.0. The number of hydrogen-bond acceptors (Lipinski definition) is 8. The number of para-hydroxylation sites is 1. The molecule has 0 aliphatic carbocycles. The average molecular weight is 871 g/mol. The number of rotatable bonds is 14. The summed E-state index contributed by atoms with van der Waals surface area (Å²) >= 11 is 0. The topological polar surface area (TPSA) is 96.2 Å². The van der Waals surface area contributed by atoms with Gasteiger partial charge < -0.3 is 19.3 Å². The molecule has 8 aromatic rings. The van der Waals surface area contributed by atoms with Gasteiger partial charge in [-0.1, -0.05) is 24.3 Å². The Kier molecular flexibility index (Phi) is 13.7. The van der Waals surface area contributed by atoms with Crippen LogP contribution in [0.4, 0.5) is 8.78 Å². The lowest BCUT2D eigenvalue weighted by molar-refractivity contribution is 0.306. The van der Waals surface area contributed by atoms with E-state index in [4.69, 9.17) is 9.47 Å². The number of fused-ring (bicyclic) bond motifs is 2. The molecule has 4 aromatic carbocycles. The first-order valence-electron chi connectivity index (χ1n) is 21.5. The zero-order chi connectivity index (χ0) is 46.0. The quantitative estimate of drug-likeness (QED) is 0.107. The first-order valence-corrected chi connectivity index (χ1v) is 21.5. The van der Waals surface area contributed by atoms with Gasteiger partial charge in [0.1, 0.15) is 11.6 Å². The molecule has 0 aliphatic heterocycles. The van der Waals surface area contributed by atoms with Crippen molar-refractivity contribution in [3.05, 3.63) is 130 Å². The Morgan fingerprint density at radius 1 is 0.547 bits per heavy atom. The molecule has 0 aliphatic rings. The van der Waals surface area contributed by atoms with E-state index in [2.05, 4.69) is 55.3 Å². The SMILES string of the molecule is Cc1nn(C)c(C)c1CCOc1c(F)cccc1-c1ccc2c(c1)c(CN(C)C)nn2C.Cc1nn(C)c(C)c1CCOc1cc(F)ccc1-c1ccc2c(c1)c(CN(C)C)nn2C. The van der Waals surface area contributed by atoms with Crippen molar-refractivity contribution >= 4 is 21.8 Å². The third kappa shape index (κ3) is 9.73. The molecular formula is C50H60F2N10O2. The second-order valence-corrected chi connectivity index (χ2v) is 17.1. The van der Waals surface area contributed by atoms with Crippen molar-refractivity contribution in [1.29, 1.82) is 0 Å². The number of hydrogen-bond donors (Lipinski definition) is 0. The molecule has 0 N–H and O–H groups in total. The van der Waals surface area contributed by atoms with Crippen LogP contribution < -0.4 is 9.47 Å². The van der Waals surface area contributed by atoms with Crippen molar-refractivity contribution in [1.82, 2.24) is 48.9 Å². The molecule has 336 valence electrons. The number of nitrogens with zero attached hydrogens (tertiary/aromatic N) is 10. The molecule has 0 bridgehead atoms. The normalized spacial score (nSPS) is 11.6. The minimum Gasteiger partial charge on any atom is -0.492 e. The minimum absolute atomic E-state index is 0.282. The van der Waals surface area contributed by atoms with E-state index in [0.717, 1.165) is 103 Å². The van der Waals surface area contributed by atoms with Crippen LogP contribution in [0.1, 0.15) is 45.3 Å². The highest BCUT2D eigenvalue weighted by molar-refractivity contribution is 5.89. The van der Waals surface area contributed by atoms with Crippen LogP contribution in [0.2, 0.25) is 0 Å². The van der Waals surface area contributed by atoms with Crippen molar-refractivity contribution in [2.24, 2.45) is 28.2 Å². The fourth-order valence-electron chi connectivity index (χ4n) is 8.46. The van der Waals surface area contributed by atoms with Crippen molar-refractivity contribution < 1.29 is 18.3 Å². The number of benzene rings is 4. The summed E-state index contributed by atoms with van der Waals surface area (Å²) in [6.07, 6.45) is 1.39. The van der Waals surface area contributed by atoms with E-state index in [0.29, 0.717) is 25.4 Å². The van der Waals surface area contributed by atoms with Crippen LogP contribution >= 0.6 is 0 Å². The Morgan fingerprint density at radius 2 is 1.05 bits per heavy atom. The molecule has 0 spiro atoms. The zero-order valence-corrected chi connectivity index (χ0v) is 39.2. The van der Waals surface area contributed by atoms with Gasteiger partial charge in [-0.25, -0.2) is 8.78 Å². The van der Waals surface area contributed by atoms with Gasteiger partial charge in [0.05, 0.1) is 47.0 Å². The molecule has 4 aromatic heterocycles. The standard InChI is InChI=1S/2C25H30FN5O/c1-16-20(17(2)30(5)27-16)11-12-32-25-14-19(26)8-9-21(25)18-7-10-24-22(13-18)23(15-29(3)4)28-31(24)6;1-16-19(17(2)30(5)27-16)12-13-32-25-20(8-7-9-22(25)26)18-10-11-24-21(14-18)23(15-29(3)4)28-31(24)6/h7-10,13-14H,11-12,15H2,1-6H3;7-11,14H,12-13,15H2,1-6H3. The summed E-state index contributed by atoms with van der Waals surface area (Å²) in [6, 6.07) is 22.1. The van der Waals surface area contributed by atoms with Crippen LogP contribution in [0.3, 0.4) is 0 Å². The molecule has 0 saturated heterocycles. The van der Waals surface area contributed by atoms with Crippen LogP contribution in [0, 0.1) is 39.3 Å². The fraction of sp³-hybridized carbons (Fsp3) is 0.360. The molecule has 0 saturated carbocycles. The molecule has 4 heterocycles. The van der Waals surface area contributed by atoms with Gasteiger partial charge in [0.2, 0.25) is 0 Å². The van der Waals surface area contributed by atoms with Crippen molar-refractivity contribution in [2.75, 3.05) is 41.4 Å². The fourth-order valence-corrected chi connectivity index (χ4v) is 8.46. The van der Waals surface area contributed by atoms with Crippen LogP contribution in [-0.2, 0) is 54.1 Å². The van der Waals surface area contributed by atoms with E-state index in [-0.39, 0.29) is 17.4 Å². The Labute approximate surface area is 374 Å². The number of halogens is 2. The van der Waals surface area contributed by atoms with Gasteiger partial charge in [-0.2, -0.15) is 20.4 Å². The Balaban J connectivity index is 0.000000191. The van der Waals surface area contributed by atoms with Gasteiger partial charge in [0.15, 0.2) is 11.6 Å². The molecular weight excluding hydrogens is 811 g/mol. The highest BCUT2D eigenvalue weighted by Gasteiger charge is 2.18. The molecule has 0 amide bonds. The van der Waals surface area contributed by atoms with Crippen LogP contribution in [0.25, 0.3) is 44.1 Å². The Hall–Kier alpha value is -6.38. The van der Waals surface area contributed by atoms with Gasteiger partial charge in [-0.3, -0.25) is 18.7 Å². The lowest BCUT2D eigenvalue weighted by Gasteiger charge is -2.13. The van der Waals surface area contributed by atoms with Crippen molar-refractivity contribution in [3.63, 3.8) is 0 Å².